The molecule has 0 unspecified atom stereocenters. The van der Waals surface area contributed by atoms with E-state index in [1.807, 2.05) is 24.3 Å². The number of aromatic nitrogens is 1. The highest BCUT2D eigenvalue weighted by atomic mass is 16.5. The van der Waals surface area contributed by atoms with Crippen LogP contribution >= 0.6 is 0 Å². The number of piperidine rings is 1. The van der Waals surface area contributed by atoms with Crippen LogP contribution in [0.15, 0.2) is 78.9 Å². The van der Waals surface area contributed by atoms with Crippen LogP contribution in [0.3, 0.4) is 0 Å². The van der Waals surface area contributed by atoms with Crippen LogP contribution in [-0.2, 0) is 21.4 Å². The molecule has 2 aliphatic heterocycles. The number of pyridine rings is 1. The number of benzene rings is 2. The van der Waals surface area contributed by atoms with Gasteiger partial charge in [-0.3, -0.25) is 9.78 Å². The number of rotatable bonds is 5. The molecule has 4 heteroatoms. The first-order chi connectivity index (χ1) is 16.2. The van der Waals surface area contributed by atoms with Crippen molar-refractivity contribution >= 4 is 5.91 Å². The Balaban J connectivity index is 1.35. The highest BCUT2D eigenvalue weighted by Gasteiger charge is 2.45. The highest BCUT2D eigenvalue weighted by Crippen LogP contribution is 2.38. The molecule has 170 valence electrons. The number of hydrogen-bond donors (Lipinski definition) is 0. The number of nitrogens with zero attached hydrogens (tertiary/aromatic N) is 2. The highest BCUT2D eigenvalue weighted by molar-refractivity contribution is 5.88. The normalized spacial score (nSPS) is 20.4. The van der Waals surface area contributed by atoms with Gasteiger partial charge in [0, 0.05) is 50.0 Å². The van der Waals surface area contributed by atoms with E-state index in [2.05, 4.69) is 59.5 Å². The second-order valence-electron chi connectivity index (χ2n) is 9.37. The van der Waals surface area contributed by atoms with Crippen LogP contribution in [0.1, 0.15) is 54.1 Å². The lowest BCUT2D eigenvalue weighted by Gasteiger charge is -2.42. The fraction of sp³-hybridized carbons (Fsp3) is 0.379. The minimum Gasteiger partial charge on any atom is -0.381 e. The largest absolute Gasteiger partial charge is 0.381 e. The molecule has 1 atom stereocenters. The summed E-state index contributed by atoms with van der Waals surface area (Å²) in [5, 5.41) is 0. The summed E-state index contributed by atoms with van der Waals surface area (Å²) in [6, 6.07) is 27.2. The van der Waals surface area contributed by atoms with E-state index in [0.717, 1.165) is 62.1 Å². The van der Waals surface area contributed by atoms with Crippen molar-refractivity contribution in [3.8, 4) is 0 Å². The number of amides is 1. The molecule has 0 radical (unpaired) electrons. The summed E-state index contributed by atoms with van der Waals surface area (Å²) in [6.45, 7) is 2.85. The lowest BCUT2D eigenvalue weighted by Crippen LogP contribution is -2.52. The second kappa shape index (κ2) is 9.88. The number of ether oxygens (including phenoxy) is 1. The maximum Gasteiger partial charge on any atom is 0.233 e. The average molecular weight is 441 g/mol. The minimum absolute atomic E-state index is 0.266. The summed E-state index contributed by atoms with van der Waals surface area (Å²) in [5.74, 6) is 0.549. The van der Waals surface area contributed by atoms with Gasteiger partial charge in [0.25, 0.3) is 0 Å². The van der Waals surface area contributed by atoms with Crippen molar-refractivity contribution in [2.45, 2.75) is 43.4 Å². The predicted molar refractivity (Wildman–Crippen MR) is 130 cm³/mol. The average Bonchev–Trinajstić information content (AvgIpc) is 2.90. The van der Waals surface area contributed by atoms with Crippen molar-refractivity contribution in [3.05, 3.63) is 101 Å². The van der Waals surface area contributed by atoms with Gasteiger partial charge in [-0.05, 0) is 48.9 Å². The zero-order valence-corrected chi connectivity index (χ0v) is 19.2. The Morgan fingerprint density at radius 2 is 1.67 bits per heavy atom. The number of likely N-dealkylation sites (tertiary alicyclic amines) is 1. The van der Waals surface area contributed by atoms with Gasteiger partial charge in [0.15, 0.2) is 0 Å². The van der Waals surface area contributed by atoms with Crippen LogP contribution in [0.5, 0.6) is 0 Å². The SMILES string of the molecule is O=C(N1CCC[C@@H](c2cccc(Cc3ccccc3)n2)C1)C1(c2ccccc2)CCOCC1. The molecule has 33 heavy (non-hydrogen) atoms. The van der Waals surface area contributed by atoms with Crippen molar-refractivity contribution in [2.75, 3.05) is 26.3 Å². The van der Waals surface area contributed by atoms with Gasteiger partial charge in [0.2, 0.25) is 5.91 Å². The third kappa shape index (κ3) is 4.72. The summed E-state index contributed by atoms with van der Waals surface area (Å²) in [7, 11) is 0. The molecule has 2 fully saturated rings. The van der Waals surface area contributed by atoms with Gasteiger partial charge in [0.1, 0.15) is 0 Å². The van der Waals surface area contributed by atoms with Gasteiger partial charge in [-0.2, -0.15) is 0 Å². The van der Waals surface area contributed by atoms with E-state index in [9.17, 15) is 4.79 Å². The molecule has 0 saturated carbocycles. The maximum absolute atomic E-state index is 14.0. The Hall–Kier alpha value is -2.98. The number of carbonyl (C=O) groups is 1. The Morgan fingerprint density at radius 1 is 0.939 bits per heavy atom. The van der Waals surface area contributed by atoms with Gasteiger partial charge in [-0.25, -0.2) is 0 Å². The molecular formula is C29H32N2O2. The first-order valence-electron chi connectivity index (χ1n) is 12.2. The van der Waals surface area contributed by atoms with Crippen LogP contribution in [0.2, 0.25) is 0 Å². The first kappa shape index (κ1) is 21.8. The zero-order chi connectivity index (χ0) is 22.5. The van der Waals surface area contributed by atoms with E-state index in [4.69, 9.17) is 9.72 Å². The lowest BCUT2D eigenvalue weighted by molar-refractivity contribution is -0.142. The molecule has 0 N–H and O–H groups in total. The molecule has 0 spiro atoms. The van der Waals surface area contributed by atoms with E-state index < -0.39 is 5.41 Å². The van der Waals surface area contributed by atoms with Crippen LogP contribution in [0.25, 0.3) is 0 Å². The fourth-order valence-corrected chi connectivity index (χ4v) is 5.44. The van der Waals surface area contributed by atoms with Gasteiger partial charge >= 0.3 is 0 Å². The van der Waals surface area contributed by atoms with E-state index in [1.54, 1.807) is 0 Å². The fourth-order valence-electron chi connectivity index (χ4n) is 5.44. The van der Waals surface area contributed by atoms with Gasteiger partial charge in [-0.15, -0.1) is 0 Å². The Kier molecular flexibility index (Phi) is 6.54. The van der Waals surface area contributed by atoms with Crippen LogP contribution in [0, 0.1) is 0 Å². The van der Waals surface area contributed by atoms with Gasteiger partial charge < -0.3 is 9.64 Å². The maximum atomic E-state index is 14.0. The van der Waals surface area contributed by atoms with Crippen molar-refractivity contribution in [1.29, 1.82) is 0 Å². The summed E-state index contributed by atoms with van der Waals surface area (Å²) in [6.07, 6.45) is 4.43. The second-order valence-corrected chi connectivity index (χ2v) is 9.37. The molecule has 2 saturated heterocycles. The standard InChI is InChI=1S/C29H32N2O2/c32-28(29(16-19-33-20-17-29)25-12-5-2-6-13-25)31-18-8-11-24(22-31)27-15-7-14-26(30-27)21-23-9-3-1-4-10-23/h1-7,9-10,12-15,24H,8,11,16-22H2/t24-/m1/s1. The number of carbonyl (C=O) groups excluding carboxylic acids is 1. The first-order valence-corrected chi connectivity index (χ1v) is 12.2. The zero-order valence-electron chi connectivity index (χ0n) is 19.2. The van der Waals surface area contributed by atoms with E-state index in [-0.39, 0.29) is 11.8 Å². The summed E-state index contributed by atoms with van der Waals surface area (Å²) in [5.41, 5.74) is 4.13. The van der Waals surface area contributed by atoms with Crippen molar-refractivity contribution in [1.82, 2.24) is 9.88 Å². The molecule has 1 aromatic heterocycles. The molecule has 4 nitrogen and oxygen atoms in total. The molecular weight excluding hydrogens is 408 g/mol. The molecule has 3 aromatic rings. The van der Waals surface area contributed by atoms with Crippen LogP contribution < -0.4 is 0 Å². The molecule has 0 bridgehead atoms. The number of hydrogen-bond acceptors (Lipinski definition) is 3. The third-order valence-corrected chi connectivity index (χ3v) is 7.27. The third-order valence-electron chi connectivity index (χ3n) is 7.27. The van der Waals surface area contributed by atoms with Crippen molar-refractivity contribution < 1.29 is 9.53 Å². The Morgan fingerprint density at radius 3 is 2.42 bits per heavy atom. The minimum atomic E-state index is -0.468. The molecule has 3 heterocycles. The molecule has 0 aliphatic carbocycles. The Bertz CT molecular complexity index is 1060. The predicted octanol–water partition coefficient (Wildman–Crippen LogP) is 5.13. The molecule has 2 aromatic carbocycles. The summed E-state index contributed by atoms with van der Waals surface area (Å²) in [4.78, 5) is 21.1. The molecule has 2 aliphatic rings. The van der Waals surface area contributed by atoms with E-state index in [1.165, 1.54) is 5.56 Å². The Labute approximate surface area is 196 Å². The quantitative estimate of drug-likeness (QED) is 0.553. The van der Waals surface area contributed by atoms with Crippen LogP contribution in [0.4, 0.5) is 0 Å². The van der Waals surface area contributed by atoms with Crippen molar-refractivity contribution in [2.24, 2.45) is 0 Å². The van der Waals surface area contributed by atoms with E-state index >= 15 is 0 Å². The molecule has 1 amide bonds. The monoisotopic (exact) mass is 440 g/mol. The summed E-state index contributed by atoms with van der Waals surface area (Å²) >= 11 is 0. The summed E-state index contributed by atoms with van der Waals surface area (Å²) < 4.78 is 5.66. The van der Waals surface area contributed by atoms with Gasteiger partial charge in [0.05, 0.1) is 5.41 Å². The smallest absolute Gasteiger partial charge is 0.233 e. The van der Waals surface area contributed by atoms with Crippen LogP contribution in [-0.4, -0.2) is 42.1 Å². The topological polar surface area (TPSA) is 42.4 Å². The van der Waals surface area contributed by atoms with Crippen molar-refractivity contribution in [3.63, 3.8) is 0 Å². The van der Waals surface area contributed by atoms with Gasteiger partial charge in [-0.1, -0.05) is 66.7 Å². The van der Waals surface area contributed by atoms with E-state index in [0.29, 0.717) is 13.2 Å². The molecule has 5 rings (SSSR count). The lowest BCUT2D eigenvalue weighted by atomic mass is 9.72.